The monoisotopic (exact) mass is 116 g/mol. The second kappa shape index (κ2) is 8.16. The summed E-state index contributed by atoms with van der Waals surface area (Å²) in [6.45, 7) is 0. The molecule has 0 spiro atoms. The predicted octanol–water partition coefficient (Wildman–Crippen LogP) is 2.16. The van der Waals surface area contributed by atoms with Crippen LogP contribution in [0.1, 0.15) is 32.1 Å². The van der Waals surface area contributed by atoms with Crippen LogP contribution in [0, 0.1) is 12.3 Å². The van der Waals surface area contributed by atoms with E-state index in [0.29, 0.717) is 0 Å². The zero-order valence-electron chi connectivity index (χ0n) is 6.32. The Hall–Kier alpha value is 0.157. The molecule has 0 saturated carbocycles. The Labute approximate surface area is 67.6 Å². The fraction of sp³-hybridized carbons (Fsp3) is 0.750. The third kappa shape index (κ3) is 8.16. The predicted molar refractivity (Wildman–Crippen MR) is 42.5 cm³/mol. The topological polar surface area (TPSA) is 0 Å². The van der Waals surface area contributed by atoms with Gasteiger partial charge in [0, 0.05) is 0 Å². The maximum absolute atomic E-state index is 5.09. The summed E-state index contributed by atoms with van der Waals surface area (Å²) >= 11 is 2.22. The van der Waals surface area contributed by atoms with E-state index < -0.39 is 0 Å². The van der Waals surface area contributed by atoms with Crippen molar-refractivity contribution in [2.24, 2.45) is 0 Å². The Morgan fingerprint density at radius 3 is 2.33 bits per heavy atom. The van der Waals surface area contributed by atoms with Gasteiger partial charge in [0.1, 0.15) is 0 Å². The van der Waals surface area contributed by atoms with E-state index in [1.54, 1.807) is 0 Å². The van der Waals surface area contributed by atoms with Crippen molar-refractivity contribution in [3.05, 3.63) is 0 Å². The molecule has 0 aliphatic heterocycles. The summed E-state index contributed by atoms with van der Waals surface area (Å²) in [4.78, 5) is 0. The molecule has 0 aliphatic carbocycles. The Kier molecular flexibility index (Phi) is 8.30. The first-order valence-electron chi connectivity index (χ1n) is 3.85. The number of hydrogen-bond acceptors (Lipinski definition) is 0. The van der Waals surface area contributed by atoms with Gasteiger partial charge in [0.25, 0.3) is 0 Å². The van der Waals surface area contributed by atoms with Crippen molar-refractivity contribution in [1.29, 1.82) is 0 Å². The molecule has 0 aliphatic rings. The minimum atomic E-state index is 0.962. The Balaban J connectivity index is 2.69. The van der Waals surface area contributed by atoms with Crippen molar-refractivity contribution in [2.75, 3.05) is 0 Å². The molecule has 1 heteroatoms. The molecule has 0 amide bonds. The van der Waals surface area contributed by atoms with Gasteiger partial charge in [0.05, 0.1) is 0 Å². The van der Waals surface area contributed by atoms with Crippen LogP contribution in [0.25, 0.3) is 0 Å². The summed E-state index contributed by atoms with van der Waals surface area (Å²) in [6.07, 6.45) is 11.3. The van der Waals surface area contributed by atoms with E-state index >= 15 is 0 Å². The maximum atomic E-state index is 5.09. The van der Waals surface area contributed by atoms with Crippen LogP contribution in [-0.4, -0.2) is 17.7 Å². The van der Waals surface area contributed by atoms with Crippen LogP contribution in [-0.2, 0) is 0 Å². The quantitative estimate of drug-likeness (QED) is 0.293. The molecule has 0 heterocycles. The summed E-state index contributed by atoms with van der Waals surface area (Å²) in [5.41, 5.74) is 0. The molecule has 0 aromatic carbocycles. The van der Waals surface area contributed by atoms with Crippen molar-refractivity contribution < 1.29 is 0 Å². The zero-order chi connectivity index (χ0) is 6.95. The molecule has 0 aromatic rings. The minimum absolute atomic E-state index is 0.962. The first kappa shape index (κ1) is 9.16. The zero-order valence-corrected chi connectivity index (χ0v) is 6.32. The molecule has 46 valence electrons. The molecular formula is C8H13Li. The van der Waals surface area contributed by atoms with Gasteiger partial charge in [-0.25, -0.2) is 0 Å². The molecule has 0 radical (unpaired) electrons. The van der Waals surface area contributed by atoms with Crippen molar-refractivity contribution in [3.8, 4) is 12.3 Å². The number of rotatable bonds is 5. The molecule has 0 saturated heterocycles. The van der Waals surface area contributed by atoms with Gasteiger partial charge in [0.15, 0.2) is 0 Å². The van der Waals surface area contributed by atoms with E-state index in [2.05, 4.69) is 23.6 Å². The first-order valence-corrected chi connectivity index (χ1v) is 3.85. The van der Waals surface area contributed by atoms with Crippen molar-refractivity contribution in [3.63, 3.8) is 0 Å². The molecule has 0 bridgehead atoms. The second-order valence-electron chi connectivity index (χ2n) is 2.37. The van der Waals surface area contributed by atoms with E-state index in [1.165, 1.54) is 30.8 Å². The van der Waals surface area contributed by atoms with Gasteiger partial charge < -0.3 is 0 Å². The van der Waals surface area contributed by atoms with E-state index in [9.17, 15) is 0 Å². The third-order valence-electron chi connectivity index (χ3n) is 1.42. The number of terminal acetylenes is 1. The van der Waals surface area contributed by atoms with Gasteiger partial charge in [-0.1, -0.05) is 0 Å². The molecule has 0 N–H and O–H groups in total. The Morgan fingerprint density at radius 1 is 1.11 bits per heavy atom. The average Bonchev–Trinajstić information content (AvgIpc) is 1.89. The van der Waals surface area contributed by atoms with Crippen LogP contribution < -0.4 is 0 Å². The van der Waals surface area contributed by atoms with E-state index in [1.807, 2.05) is 0 Å². The summed E-state index contributed by atoms with van der Waals surface area (Å²) in [6, 6.07) is 0. The average molecular weight is 116 g/mol. The van der Waals surface area contributed by atoms with Gasteiger partial charge in [-0.15, -0.1) is 0 Å². The molecule has 0 atom stereocenters. The van der Waals surface area contributed by atoms with Gasteiger partial charge in [-0.3, -0.25) is 0 Å². The van der Waals surface area contributed by atoms with E-state index in [4.69, 9.17) is 6.42 Å². The number of hydrogen-bond donors (Lipinski definition) is 0. The molecule has 0 rings (SSSR count). The van der Waals surface area contributed by atoms with Crippen molar-refractivity contribution >= 4 is 17.7 Å². The van der Waals surface area contributed by atoms with Crippen LogP contribution in [0.2, 0.25) is 5.09 Å². The molecule has 0 aromatic heterocycles. The normalized spacial score (nSPS) is 9.00. The van der Waals surface area contributed by atoms with Crippen molar-refractivity contribution in [2.45, 2.75) is 37.2 Å². The van der Waals surface area contributed by atoms with Crippen LogP contribution in [0.15, 0.2) is 0 Å². The fourth-order valence-corrected chi connectivity index (χ4v) is 0.831. The van der Waals surface area contributed by atoms with Crippen LogP contribution in [0.4, 0.5) is 0 Å². The second-order valence-corrected chi connectivity index (χ2v) is 2.37. The summed E-state index contributed by atoms with van der Waals surface area (Å²) in [5, 5.41) is 1.32. The van der Waals surface area contributed by atoms with E-state index in [0.717, 1.165) is 6.42 Å². The third-order valence-corrected chi connectivity index (χ3v) is 1.42. The van der Waals surface area contributed by atoms with Gasteiger partial charge in [0.2, 0.25) is 0 Å². The SMILES string of the molecule is [Li][CH2]CCCCCC#C. The first-order chi connectivity index (χ1) is 4.41. The van der Waals surface area contributed by atoms with Crippen LogP contribution in [0.3, 0.4) is 0 Å². The van der Waals surface area contributed by atoms with Gasteiger partial charge in [-0.2, -0.15) is 0 Å². The van der Waals surface area contributed by atoms with Crippen LogP contribution >= 0.6 is 0 Å². The Bertz CT molecular complexity index is 81.1. The molecule has 0 fully saturated rings. The van der Waals surface area contributed by atoms with Gasteiger partial charge in [-0.05, 0) is 0 Å². The summed E-state index contributed by atoms with van der Waals surface area (Å²) < 4.78 is 0. The van der Waals surface area contributed by atoms with Crippen molar-refractivity contribution in [1.82, 2.24) is 0 Å². The van der Waals surface area contributed by atoms with E-state index in [-0.39, 0.29) is 0 Å². The van der Waals surface area contributed by atoms with Crippen LogP contribution in [0.5, 0.6) is 0 Å². The molecular weight excluding hydrogens is 103 g/mol. The molecule has 0 unspecified atom stereocenters. The summed E-state index contributed by atoms with van der Waals surface area (Å²) in [7, 11) is 0. The Morgan fingerprint density at radius 2 is 1.78 bits per heavy atom. The standard InChI is InChI=1S/C8H13.Li/c1-3-5-7-8-6-4-2;/h1H,2,4-8H2;. The molecule has 9 heavy (non-hydrogen) atoms. The number of unbranched alkanes of at least 4 members (excludes halogenated alkanes) is 4. The summed E-state index contributed by atoms with van der Waals surface area (Å²) in [5.74, 6) is 2.64. The molecule has 0 nitrogen and oxygen atoms in total. The fourth-order valence-electron chi connectivity index (χ4n) is 0.831. The van der Waals surface area contributed by atoms with Gasteiger partial charge >= 0.3 is 67.3 Å².